The Hall–Kier alpha value is -1.23. The summed E-state index contributed by atoms with van der Waals surface area (Å²) >= 11 is 13.7. The predicted molar refractivity (Wildman–Crippen MR) is 96.7 cm³/mol. The van der Waals surface area contributed by atoms with Crippen LogP contribution in [-0.4, -0.2) is 22.7 Å². The van der Waals surface area contributed by atoms with E-state index in [9.17, 15) is 4.79 Å². The van der Waals surface area contributed by atoms with Crippen LogP contribution in [0.3, 0.4) is 0 Å². The molecule has 2 aromatic rings. The molecule has 1 aliphatic heterocycles. The molecule has 23 heavy (non-hydrogen) atoms. The second kappa shape index (κ2) is 7.12. The third-order valence-electron chi connectivity index (χ3n) is 3.74. The molecule has 0 saturated carbocycles. The van der Waals surface area contributed by atoms with Crippen molar-refractivity contribution in [3.8, 4) is 0 Å². The van der Waals surface area contributed by atoms with Gasteiger partial charge in [-0.15, -0.1) is 11.8 Å². The van der Waals surface area contributed by atoms with E-state index in [1.807, 2.05) is 29.2 Å². The number of amides is 1. The van der Waals surface area contributed by atoms with Crippen molar-refractivity contribution in [3.63, 3.8) is 0 Å². The Morgan fingerprint density at radius 3 is 2.91 bits per heavy atom. The number of pyridine rings is 1. The number of thioether (sulfide) groups is 1. The van der Waals surface area contributed by atoms with Gasteiger partial charge in [0.1, 0.15) is 5.15 Å². The first-order chi connectivity index (χ1) is 11.0. The van der Waals surface area contributed by atoms with Crippen LogP contribution in [-0.2, 0) is 11.2 Å². The van der Waals surface area contributed by atoms with Gasteiger partial charge in [-0.05, 0) is 36.2 Å². The lowest BCUT2D eigenvalue weighted by molar-refractivity contribution is -0.118. The zero-order valence-electron chi connectivity index (χ0n) is 12.6. The maximum absolute atomic E-state index is 12.8. The first-order valence-electron chi connectivity index (χ1n) is 7.40. The molecule has 0 N–H and O–H groups in total. The molecule has 1 aromatic heterocycles. The van der Waals surface area contributed by atoms with Gasteiger partial charge in [-0.2, -0.15) is 0 Å². The third-order valence-corrected chi connectivity index (χ3v) is 5.44. The molecule has 0 aliphatic carbocycles. The lowest BCUT2D eigenvalue weighted by Crippen LogP contribution is -2.33. The van der Waals surface area contributed by atoms with E-state index in [0.29, 0.717) is 28.4 Å². The average molecular weight is 367 g/mol. The minimum absolute atomic E-state index is 0.0485. The number of carbonyl (C=O) groups is 1. The largest absolute Gasteiger partial charge is 0.311 e. The van der Waals surface area contributed by atoms with Gasteiger partial charge in [-0.25, -0.2) is 4.98 Å². The molecule has 0 fully saturated rings. The van der Waals surface area contributed by atoms with Crippen LogP contribution >= 0.6 is 35.0 Å². The van der Waals surface area contributed by atoms with Gasteiger partial charge in [0.2, 0.25) is 5.91 Å². The molecule has 0 saturated heterocycles. The molecule has 1 amide bonds. The van der Waals surface area contributed by atoms with E-state index in [1.54, 1.807) is 24.0 Å². The highest BCUT2D eigenvalue weighted by Gasteiger charge is 2.24. The number of rotatable bonds is 2. The number of aromatic nitrogens is 1. The number of carbonyl (C=O) groups excluding carboxylic acids is 1. The second-order valence-electron chi connectivity index (χ2n) is 5.54. The minimum Gasteiger partial charge on any atom is -0.311 e. The Bertz CT molecular complexity index is 721. The first-order valence-corrected chi connectivity index (χ1v) is 9.03. The van der Waals surface area contributed by atoms with Crippen molar-refractivity contribution in [1.82, 2.24) is 4.98 Å². The maximum Gasteiger partial charge on any atom is 0.231 e. The summed E-state index contributed by atoms with van der Waals surface area (Å²) in [4.78, 5) is 19.8. The monoisotopic (exact) mass is 366 g/mol. The van der Waals surface area contributed by atoms with Crippen LogP contribution in [0.4, 0.5) is 5.69 Å². The van der Waals surface area contributed by atoms with Crippen LogP contribution in [0, 0.1) is 0 Å². The van der Waals surface area contributed by atoms with Crippen molar-refractivity contribution in [2.45, 2.75) is 29.9 Å². The minimum atomic E-state index is 0.0485. The zero-order chi connectivity index (χ0) is 16.4. The number of hydrogen-bond acceptors (Lipinski definition) is 3. The number of halogens is 2. The van der Waals surface area contributed by atoms with E-state index in [2.05, 4.69) is 11.9 Å². The van der Waals surface area contributed by atoms with Crippen LogP contribution < -0.4 is 4.90 Å². The smallest absolute Gasteiger partial charge is 0.231 e. The fourth-order valence-electron chi connectivity index (χ4n) is 2.55. The highest BCUT2D eigenvalue weighted by molar-refractivity contribution is 8.00. The fourth-order valence-corrected chi connectivity index (χ4v) is 3.92. The summed E-state index contributed by atoms with van der Waals surface area (Å²) in [5.41, 5.74) is 1.76. The summed E-state index contributed by atoms with van der Waals surface area (Å²) in [6.45, 7) is 2.88. The van der Waals surface area contributed by atoms with E-state index in [-0.39, 0.29) is 5.91 Å². The Balaban J connectivity index is 1.87. The number of nitrogens with zero attached hydrogens (tertiary/aromatic N) is 2. The molecule has 2 heterocycles. The summed E-state index contributed by atoms with van der Waals surface area (Å²) in [6, 6.07) is 9.28. The van der Waals surface area contributed by atoms with E-state index in [1.165, 1.54) is 0 Å². The van der Waals surface area contributed by atoms with Gasteiger partial charge in [0, 0.05) is 27.9 Å². The molecule has 1 aliphatic rings. The number of anilines is 1. The first kappa shape index (κ1) is 16.6. The van der Waals surface area contributed by atoms with E-state index < -0.39 is 0 Å². The molecule has 0 radical (unpaired) electrons. The summed E-state index contributed by atoms with van der Waals surface area (Å²) in [7, 11) is 0. The Morgan fingerprint density at radius 2 is 2.17 bits per heavy atom. The topological polar surface area (TPSA) is 33.2 Å². The molecule has 1 unspecified atom stereocenters. The van der Waals surface area contributed by atoms with Crippen LogP contribution in [0.5, 0.6) is 0 Å². The molecular weight excluding hydrogens is 351 g/mol. The third kappa shape index (κ3) is 4.00. The van der Waals surface area contributed by atoms with Crippen molar-refractivity contribution in [3.05, 3.63) is 52.3 Å². The van der Waals surface area contributed by atoms with E-state index >= 15 is 0 Å². The number of benzene rings is 1. The van der Waals surface area contributed by atoms with Crippen LogP contribution in [0.2, 0.25) is 10.2 Å². The second-order valence-corrected chi connectivity index (χ2v) is 7.84. The average Bonchev–Trinajstić information content (AvgIpc) is 2.68. The van der Waals surface area contributed by atoms with Crippen molar-refractivity contribution in [2.75, 3.05) is 11.4 Å². The SMILES string of the molecule is CC1CCN(C(=O)Cc2ccc(Cl)nc2)c2cc(Cl)ccc2S1. The molecular formula is C17H16Cl2N2OS. The van der Waals surface area contributed by atoms with Crippen molar-refractivity contribution in [2.24, 2.45) is 0 Å². The highest BCUT2D eigenvalue weighted by Crippen LogP contribution is 2.39. The summed E-state index contributed by atoms with van der Waals surface area (Å²) in [5.74, 6) is 0.0485. The summed E-state index contributed by atoms with van der Waals surface area (Å²) in [6.07, 6.45) is 2.89. The number of fused-ring (bicyclic) bond motifs is 1. The Labute approximate surface area is 150 Å². The zero-order valence-corrected chi connectivity index (χ0v) is 15.0. The van der Waals surface area contributed by atoms with Crippen molar-refractivity contribution in [1.29, 1.82) is 0 Å². The highest BCUT2D eigenvalue weighted by atomic mass is 35.5. The maximum atomic E-state index is 12.8. The Kier molecular flexibility index (Phi) is 5.14. The molecule has 0 spiro atoms. The standard InChI is InChI=1S/C17H16Cl2N2OS/c1-11-6-7-21(14-9-13(18)3-4-15(14)23-11)17(22)8-12-2-5-16(19)20-10-12/h2-5,9-11H,6-8H2,1H3. The van der Waals surface area contributed by atoms with Crippen LogP contribution in [0.25, 0.3) is 0 Å². The molecule has 1 atom stereocenters. The lowest BCUT2D eigenvalue weighted by Gasteiger charge is -2.23. The Morgan fingerprint density at radius 1 is 1.35 bits per heavy atom. The quantitative estimate of drug-likeness (QED) is 0.712. The van der Waals surface area contributed by atoms with Crippen molar-refractivity contribution < 1.29 is 4.79 Å². The van der Waals surface area contributed by atoms with Crippen molar-refractivity contribution >= 4 is 46.6 Å². The van der Waals surface area contributed by atoms with Gasteiger partial charge in [0.25, 0.3) is 0 Å². The molecule has 1 aromatic carbocycles. The van der Waals surface area contributed by atoms with Gasteiger partial charge in [0.15, 0.2) is 0 Å². The van der Waals surface area contributed by atoms with Crippen LogP contribution in [0.1, 0.15) is 18.9 Å². The van der Waals surface area contributed by atoms with Gasteiger partial charge in [0.05, 0.1) is 12.1 Å². The van der Waals surface area contributed by atoms with Gasteiger partial charge >= 0.3 is 0 Å². The fraction of sp³-hybridized carbons (Fsp3) is 0.294. The van der Waals surface area contributed by atoms with Crippen LogP contribution in [0.15, 0.2) is 41.4 Å². The molecule has 120 valence electrons. The molecule has 3 rings (SSSR count). The lowest BCUT2D eigenvalue weighted by atomic mass is 10.1. The normalized spacial score (nSPS) is 17.5. The van der Waals surface area contributed by atoms with Gasteiger partial charge < -0.3 is 4.90 Å². The molecule has 0 bridgehead atoms. The molecule has 3 nitrogen and oxygen atoms in total. The van der Waals surface area contributed by atoms with Gasteiger partial charge in [-0.1, -0.05) is 36.2 Å². The number of hydrogen-bond donors (Lipinski definition) is 0. The summed E-state index contributed by atoms with van der Waals surface area (Å²) in [5, 5.41) is 1.54. The van der Waals surface area contributed by atoms with Gasteiger partial charge in [-0.3, -0.25) is 4.79 Å². The molecule has 6 heteroatoms. The van der Waals surface area contributed by atoms with E-state index in [4.69, 9.17) is 23.2 Å². The van der Waals surface area contributed by atoms with E-state index in [0.717, 1.165) is 22.6 Å². The predicted octanol–water partition coefficient (Wildman–Crippen LogP) is 4.85. The summed E-state index contributed by atoms with van der Waals surface area (Å²) < 4.78 is 0.